The van der Waals surface area contributed by atoms with E-state index in [1.54, 1.807) is 0 Å². The molecule has 1 fully saturated rings. The zero-order chi connectivity index (χ0) is 15.1. The molecule has 2 rings (SSSR count). The fourth-order valence-electron chi connectivity index (χ4n) is 2.99. The van der Waals surface area contributed by atoms with Crippen LogP contribution in [0.3, 0.4) is 0 Å². The van der Waals surface area contributed by atoms with E-state index >= 15 is 0 Å². The lowest BCUT2D eigenvalue weighted by Gasteiger charge is -2.29. The van der Waals surface area contributed by atoms with Crippen molar-refractivity contribution >= 4 is 17.3 Å². The minimum Gasteiger partial charge on any atom is -0.371 e. The third-order valence-corrected chi connectivity index (χ3v) is 4.50. The quantitative estimate of drug-likeness (QED) is 0.836. The molecule has 0 aliphatic carbocycles. The fourth-order valence-corrected chi connectivity index (χ4v) is 3.23. The van der Waals surface area contributed by atoms with Gasteiger partial charge >= 0.3 is 0 Å². The van der Waals surface area contributed by atoms with E-state index in [0.29, 0.717) is 5.92 Å². The van der Waals surface area contributed by atoms with Crippen molar-refractivity contribution in [1.29, 1.82) is 0 Å². The Morgan fingerprint density at radius 1 is 1.10 bits per heavy atom. The van der Waals surface area contributed by atoms with Gasteiger partial charge in [0.05, 0.1) is 0 Å². The molecule has 1 aromatic carbocycles. The minimum atomic E-state index is 0.664. The molecule has 0 spiro atoms. The van der Waals surface area contributed by atoms with Gasteiger partial charge in [-0.1, -0.05) is 50.8 Å². The zero-order valence-corrected chi connectivity index (χ0v) is 14.3. The second-order valence-electron chi connectivity index (χ2n) is 6.52. The fraction of sp³-hybridized carbons (Fsp3) is 0.667. The van der Waals surface area contributed by atoms with E-state index in [2.05, 4.69) is 36.2 Å². The van der Waals surface area contributed by atoms with Gasteiger partial charge in [0.15, 0.2) is 0 Å². The molecule has 0 radical (unpaired) electrons. The lowest BCUT2D eigenvalue weighted by molar-refractivity contribution is 0.544. The summed E-state index contributed by atoms with van der Waals surface area (Å²) < 4.78 is 0. The van der Waals surface area contributed by atoms with Crippen LogP contribution < -0.4 is 10.2 Å². The number of rotatable bonds is 5. The first kappa shape index (κ1) is 16.6. The van der Waals surface area contributed by atoms with E-state index in [1.165, 1.54) is 43.4 Å². The minimum absolute atomic E-state index is 0.664. The maximum Gasteiger partial charge on any atom is 0.0471 e. The van der Waals surface area contributed by atoms with Gasteiger partial charge in [0.1, 0.15) is 0 Å². The molecule has 0 amide bonds. The standard InChI is InChI=1S/C18H29ClN2/c1-15(2)13-20-14-16-17(19)9-8-10-18(16)21-11-6-4-3-5-7-12-21/h8-10,15,20H,3-7,11-14H2,1-2H3. The van der Waals surface area contributed by atoms with Crippen LogP contribution in [0.15, 0.2) is 18.2 Å². The molecule has 1 heterocycles. The summed E-state index contributed by atoms with van der Waals surface area (Å²) in [5.74, 6) is 0.664. The maximum absolute atomic E-state index is 6.47. The van der Waals surface area contributed by atoms with Crippen molar-refractivity contribution in [3.63, 3.8) is 0 Å². The van der Waals surface area contributed by atoms with Crippen LogP contribution in [-0.2, 0) is 6.54 Å². The third-order valence-electron chi connectivity index (χ3n) is 4.15. The maximum atomic E-state index is 6.47. The Balaban J connectivity index is 2.11. The summed E-state index contributed by atoms with van der Waals surface area (Å²) in [6.45, 7) is 8.70. The number of hydrogen-bond donors (Lipinski definition) is 1. The van der Waals surface area contributed by atoms with Gasteiger partial charge in [-0.15, -0.1) is 0 Å². The molecule has 0 atom stereocenters. The second-order valence-corrected chi connectivity index (χ2v) is 6.92. The van der Waals surface area contributed by atoms with Gasteiger partial charge in [-0.3, -0.25) is 0 Å². The smallest absolute Gasteiger partial charge is 0.0471 e. The normalized spacial score (nSPS) is 16.9. The number of anilines is 1. The average Bonchev–Trinajstić information content (AvgIpc) is 2.40. The molecular weight excluding hydrogens is 280 g/mol. The summed E-state index contributed by atoms with van der Waals surface area (Å²) in [7, 11) is 0. The van der Waals surface area contributed by atoms with Gasteiger partial charge in [0.25, 0.3) is 0 Å². The first-order chi connectivity index (χ1) is 10.2. The van der Waals surface area contributed by atoms with E-state index in [1.807, 2.05) is 6.07 Å². The van der Waals surface area contributed by atoms with Gasteiger partial charge in [0, 0.05) is 35.9 Å². The van der Waals surface area contributed by atoms with Gasteiger partial charge < -0.3 is 10.2 Å². The highest BCUT2D eigenvalue weighted by Gasteiger charge is 2.15. The Kier molecular flexibility index (Phi) is 6.85. The highest BCUT2D eigenvalue weighted by molar-refractivity contribution is 6.31. The molecule has 1 aromatic rings. The van der Waals surface area contributed by atoms with Crippen molar-refractivity contribution in [2.24, 2.45) is 5.92 Å². The predicted molar refractivity (Wildman–Crippen MR) is 93.3 cm³/mol. The SMILES string of the molecule is CC(C)CNCc1c(Cl)cccc1N1CCCCCCC1. The summed E-state index contributed by atoms with van der Waals surface area (Å²) in [4.78, 5) is 2.54. The lowest BCUT2D eigenvalue weighted by atomic mass is 10.1. The molecule has 1 N–H and O–H groups in total. The van der Waals surface area contributed by atoms with Crippen molar-refractivity contribution in [1.82, 2.24) is 5.32 Å². The van der Waals surface area contributed by atoms with Crippen molar-refractivity contribution < 1.29 is 0 Å². The molecule has 0 unspecified atom stereocenters. The molecule has 118 valence electrons. The third kappa shape index (κ3) is 5.19. The summed E-state index contributed by atoms with van der Waals surface area (Å²) in [5.41, 5.74) is 2.60. The Morgan fingerprint density at radius 2 is 1.76 bits per heavy atom. The highest BCUT2D eigenvalue weighted by Crippen LogP contribution is 2.29. The molecule has 1 aliphatic heterocycles. The molecule has 0 saturated carbocycles. The molecule has 21 heavy (non-hydrogen) atoms. The van der Waals surface area contributed by atoms with Crippen LogP contribution in [0.1, 0.15) is 51.5 Å². The average molecular weight is 309 g/mol. The van der Waals surface area contributed by atoms with Crippen LogP contribution in [-0.4, -0.2) is 19.6 Å². The van der Waals surface area contributed by atoms with Gasteiger partial charge in [-0.2, -0.15) is 0 Å². The van der Waals surface area contributed by atoms with Gasteiger partial charge in [-0.05, 0) is 37.4 Å². The summed E-state index contributed by atoms with van der Waals surface area (Å²) in [5, 5.41) is 4.43. The monoisotopic (exact) mass is 308 g/mol. The van der Waals surface area contributed by atoms with Gasteiger partial charge in [-0.25, -0.2) is 0 Å². The summed E-state index contributed by atoms with van der Waals surface area (Å²) in [6.07, 6.45) is 6.71. The zero-order valence-electron chi connectivity index (χ0n) is 13.5. The first-order valence-corrected chi connectivity index (χ1v) is 8.79. The van der Waals surface area contributed by atoms with Crippen LogP contribution in [0.25, 0.3) is 0 Å². The van der Waals surface area contributed by atoms with Crippen LogP contribution in [0.4, 0.5) is 5.69 Å². The van der Waals surface area contributed by atoms with Crippen LogP contribution in [0, 0.1) is 5.92 Å². The Labute approximate surface area is 134 Å². The van der Waals surface area contributed by atoms with Crippen LogP contribution in [0.2, 0.25) is 5.02 Å². The molecule has 1 aliphatic rings. The number of halogens is 1. The van der Waals surface area contributed by atoms with E-state index in [0.717, 1.165) is 31.2 Å². The van der Waals surface area contributed by atoms with Crippen molar-refractivity contribution in [2.75, 3.05) is 24.5 Å². The lowest BCUT2D eigenvalue weighted by Crippen LogP contribution is -2.29. The number of nitrogens with one attached hydrogen (secondary N) is 1. The number of nitrogens with zero attached hydrogens (tertiary/aromatic N) is 1. The van der Waals surface area contributed by atoms with Crippen LogP contribution >= 0.6 is 11.6 Å². The second kappa shape index (κ2) is 8.65. The molecule has 0 aromatic heterocycles. The van der Waals surface area contributed by atoms with Crippen molar-refractivity contribution in [3.8, 4) is 0 Å². The topological polar surface area (TPSA) is 15.3 Å². The Hall–Kier alpha value is -0.730. The van der Waals surface area contributed by atoms with E-state index in [-0.39, 0.29) is 0 Å². The van der Waals surface area contributed by atoms with E-state index < -0.39 is 0 Å². The highest BCUT2D eigenvalue weighted by atomic mass is 35.5. The summed E-state index contributed by atoms with van der Waals surface area (Å²) in [6, 6.07) is 6.34. The summed E-state index contributed by atoms with van der Waals surface area (Å²) >= 11 is 6.47. The largest absolute Gasteiger partial charge is 0.371 e. The number of hydrogen-bond acceptors (Lipinski definition) is 2. The van der Waals surface area contributed by atoms with E-state index in [9.17, 15) is 0 Å². The molecule has 0 bridgehead atoms. The molecular formula is C18H29ClN2. The van der Waals surface area contributed by atoms with Crippen LogP contribution in [0.5, 0.6) is 0 Å². The van der Waals surface area contributed by atoms with Crippen molar-refractivity contribution in [2.45, 2.75) is 52.5 Å². The molecule has 2 nitrogen and oxygen atoms in total. The van der Waals surface area contributed by atoms with Crippen molar-refractivity contribution in [3.05, 3.63) is 28.8 Å². The van der Waals surface area contributed by atoms with Gasteiger partial charge in [0.2, 0.25) is 0 Å². The molecule has 3 heteroatoms. The Bertz CT molecular complexity index is 423. The number of benzene rings is 1. The first-order valence-electron chi connectivity index (χ1n) is 8.41. The van der Waals surface area contributed by atoms with E-state index in [4.69, 9.17) is 11.6 Å². The Morgan fingerprint density at radius 3 is 2.43 bits per heavy atom. The molecule has 1 saturated heterocycles. The predicted octanol–water partition coefficient (Wildman–Crippen LogP) is 4.86.